The Morgan fingerprint density at radius 3 is 2.56 bits per heavy atom. The van der Waals surface area contributed by atoms with Gasteiger partial charge in [0.1, 0.15) is 17.0 Å². The standard InChI is InChI=1S/C26H23F3N4O3/c1-13-4-5-15-11-33(12-16(15)10-13)25(34)22-23(14(2)30)36-24(32-22)18-6-8-19(35-3)21-17(18)7-9-20(31-21)26(27,28)29/h4-10,14H,11-12,30H2,1-3H3/t14-/m0/s1. The number of hydrogen-bond donors (Lipinski definition) is 1. The van der Waals surface area contributed by atoms with Gasteiger partial charge in [-0.3, -0.25) is 4.79 Å². The van der Waals surface area contributed by atoms with Crippen molar-refractivity contribution in [2.75, 3.05) is 7.11 Å². The lowest BCUT2D eigenvalue weighted by molar-refractivity contribution is -0.140. The van der Waals surface area contributed by atoms with Gasteiger partial charge in [-0.05, 0) is 49.2 Å². The number of fused-ring (bicyclic) bond motifs is 2. The van der Waals surface area contributed by atoms with E-state index in [0.29, 0.717) is 24.0 Å². The van der Waals surface area contributed by atoms with Crippen LogP contribution in [0.15, 0.2) is 46.9 Å². The van der Waals surface area contributed by atoms with E-state index >= 15 is 0 Å². The van der Waals surface area contributed by atoms with Crippen LogP contribution in [0.1, 0.15) is 51.6 Å². The summed E-state index contributed by atoms with van der Waals surface area (Å²) in [5.74, 6) is 0.0973. The molecule has 1 atom stereocenters. The third-order valence-electron chi connectivity index (χ3n) is 6.20. The van der Waals surface area contributed by atoms with E-state index < -0.39 is 17.9 Å². The van der Waals surface area contributed by atoms with E-state index in [0.717, 1.165) is 22.8 Å². The smallest absolute Gasteiger partial charge is 0.433 e. The van der Waals surface area contributed by atoms with Crippen molar-refractivity contribution in [3.05, 3.63) is 76.3 Å². The molecule has 5 rings (SSSR count). The van der Waals surface area contributed by atoms with Crippen LogP contribution in [0.5, 0.6) is 5.75 Å². The number of nitrogens with zero attached hydrogens (tertiary/aromatic N) is 3. The molecule has 0 aliphatic carbocycles. The summed E-state index contributed by atoms with van der Waals surface area (Å²) in [6.07, 6.45) is -4.62. The zero-order valence-electron chi connectivity index (χ0n) is 19.8. The average Bonchev–Trinajstić information content (AvgIpc) is 3.46. The van der Waals surface area contributed by atoms with Crippen LogP contribution in [-0.2, 0) is 19.3 Å². The van der Waals surface area contributed by atoms with Gasteiger partial charge in [-0.2, -0.15) is 13.2 Å². The lowest BCUT2D eigenvalue weighted by Crippen LogP contribution is -2.27. The van der Waals surface area contributed by atoms with E-state index in [9.17, 15) is 18.0 Å². The Morgan fingerprint density at radius 2 is 1.86 bits per heavy atom. The SMILES string of the molecule is COc1ccc(-c2nc(C(=O)N3Cc4ccc(C)cc4C3)c([C@H](C)N)o2)c2ccc(C(F)(F)F)nc12. The Morgan fingerprint density at radius 1 is 1.11 bits per heavy atom. The highest BCUT2D eigenvalue weighted by atomic mass is 19.4. The highest BCUT2D eigenvalue weighted by molar-refractivity contribution is 5.98. The van der Waals surface area contributed by atoms with Gasteiger partial charge in [0.15, 0.2) is 11.5 Å². The summed E-state index contributed by atoms with van der Waals surface area (Å²) in [6.45, 7) is 4.54. The Kier molecular flexibility index (Phi) is 5.71. The van der Waals surface area contributed by atoms with Gasteiger partial charge in [-0.25, -0.2) is 9.97 Å². The largest absolute Gasteiger partial charge is 0.494 e. The Hall–Kier alpha value is -3.92. The first-order chi connectivity index (χ1) is 17.1. The van der Waals surface area contributed by atoms with Crippen molar-refractivity contribution < 1.29 is 27.1 Å². The van der Waals surface area contributed by atoms with Crippen LogP contribution in [0.25, 0.3) is 22.4 Å². The van der Waals surface area contributed by atoms with Gasteiger partial charge < -0.3 is 19.8 Å². The van der Waals surface area contributed by atoms with Crippen molar-refractivity contribution >= 4 is 16.8 Å². The van der Waals surface area contributed by atoms with Crippen LogP contribution in [0.3, 0.4) is 0 Å². The fourth-order valence-electron chi connectivity index (χ4n) is 4.43. The first-order valence-corrected chi connectivity index (χ1v) is 11.3. The second-order valence-corrected chi connectivity index (χ2v) is 8.86. The van der Waals surface area contributed by atoms with Crippen LogP contribution in [0.4, 0.5) is 13.2 Å². The number of rotatable bonds is 4. The van der Waals surface area contributed by atoms with Gasteiger partial charge >= 0.3 is 6.18 Å². The third-order valence-corrected chi connectivity index (χ3v) is 6.20. The minimum absolute atomic E-state index is 0.00334. The number of nitrogens with two attached hydrogens (primary N) is 1. The van der Waals surface area contributed by atoms with Crippen LogP contribution in [0.2, 0.25) is 0 Å². The second kappa shape index (κ2) is 8.63. The maximum atomic E-state index is 13.5. The number of ether oxygens (including phenoxy) is 1. The molecular weight excluding hydrogens is 473 g/mol. The molecule has 1 aliphatic rings. The molecule has 2 N–H and O–H groups in total. The molecule has 7 nitrogen and oxygen atoms in total. The summed E-state index contributed by atoms with van der Waals surface area (Å²) in [4.78, 5) is 23.4. The maximum absolute atomic E-state index is 13.5. The van der Waals surface area contributed by atoms with Crippen molar-refractivity contribution in [1.82, 2.24) is 14.9 Å². The van der Waals surface area contributed by atoms with Gasteiger partial charge in [-0.15, -0.1) is 0 Å². The summed E-state index contributed by atoms with van der Waals surface area (Å²) < 4.78 is 51.0. The molecule has 186 valence electrons. The van der Waals surface area contributed by atoms with Gasteiger partial charge in [0.2, 0.25) is 5.89 Å². The summed E-state index contributed by atoms with van der Waals surface area (Å²) in [5.41, 5.74) is 8.75. The molecule has 0 spiro atoms. The van der Waals surface area contributed by atoms with Crippen molar-refractivity contribution in [2.24, 2.45) is 5.73 Å². The van der Waals surface area contributed by atoms with Gasteiger partial charge in [0.05, 0.1) is 13.2 Å². The predicted octanol–water partition coefficient (Wildman–Crippen LogP) is 5.40. The number of aromatic nitrogens is 2. The summed E-state index contributed by atoms with van der Waals surface area (Å²) in [6, 6.07) is 10.7. The molecule has 0 unspecified atom stereocenters. The number of alkyl halides is 3. The molecule has 1 aliphatic heterocycles. The molecule has 0 bridgehead atoms. The third kappa shape index (κ3) is 4.07. The van der Waals surface area contributed by atoms with Crippen LogP contribution in [-0.4, -0.2) is 27.9 Å². The zero-order valence-corrected chi connectivity index (χ0v) is 19.8. The quantitative estimate of drug-likeness (QED) is 0.407. The van der Waals surface area contributed by atoms with E-state index in [1.54, 1.807) is 17.9 Å². The van der Waals surface area contributed by atoms with Crippen molar-refractivity contribution in [3.63, 3.8) is 0 Å². The summed E-state index contributed by atoms with van der Waals surface area (Å²) in [7, 11) is 1.35. The summed E-state index contributed by atoms with van der Waals surface area (Å²) in [5, 5.41) is 0.336. The van der Waals surface area contributed by atoms with E-state index in [-0.39, 0.29) is 34.5 Å². The molecule has 0 fully saturated rings. The molecule has 2 aromatic heterocycles. The van der Waals surface area contributed by atoms with Gasteiger partial charge in [0.25, 0.3) is 5.91 Å². The predicted molar refractivity (Wildman–Crippen MR) is 126 cm³/mol. The number of oxazole rings is 1. The van der Waals surface area contributed by atoms with Crippen LogP contribution < -0.4 is 10.5 Å². The van der Waals surface area contributed by atoms with Crippen LogP contribution in [0, 0.1) is 6.92 Å². The number of hydrogen-bond acceptors (Lipinski definition) is 6. The first-order valence-electron chi connectivity index (χ1n) is 11.3. The highest BCUT2D eigenvalue weighted by Gasteiger charge is 2.34. The molecule has 2 aromatic carbocycles. The number of aryl methyl sites for hydroxylation is 1. The Labute approximate surface area is 204 Å². The zero-order chi connectivity index (χ0) is 25.8. The summed E-state index contributed by atoms with van der Waals surface area (Å²) >= 11 is 0. The van der Waals surface area contributed by atoms with Crippen molar-refractivity contribution in [1.29, 1.82) is 0 Å². The monoisotopic (exact) mass is 496 g/mol. The molecule has 0 saturated carbocycles. The molecule has 1 amide bonds. The fourth-order valence-corrected chi connectivity index (χ4v) is 4.43. The fraction of sp³-hybridized carbons (Fsp3) is 0.269. The number of halogens is 3. The van der Waals surface area contributed by atoms with Crippen molar-refractivity contribution in [3.8, 4) is 17.2 Å². The van der Waals surface area contributed by atoms with E-state index in [1.165, 1.54) is 19.2 Å². The molecule has 10 heteroatoms. The average molecular weight is 496 g/mol. The van der Waals surface area contributed by atoms with E-state index in [1.807, 2.05) is 19.1 Å². The highest BCUT2D eigenvalue weighted by Crippen LogP contribution is 2.38. The molecule has 36 heavy (non-hydrogen) atoms. The van der Waals surface area contributed by atoms with E-state index in [2.05, 4.69) is 16.0 Å². The molecule has 0 radical (unpaired) electrons. The van der Waals surface area contributed by atoms with Crippen LogP contribution >= 0.6 is 0 Å². The lowest BCUT2D eigenvalue weighted by atomic mass is 10.1. The Bertz CT molecular complexity index is 1490. The molecule has 4 aromatic rings. The number of methoxy groups -OCH3 is 1. The van der Waals surface area contributed by atoms with E-state index in [4.69, 9.17) is 14.9 Å². The number of carbonyl (C=O) groups is 1. The molecular formula is C26H23F3N4O3. The maximum Gasteiger partial charge on any atom is 0.433 e. The minimum atomic E-state index is -4.62. The van der Waals surface area contributed by atoms with Gasteiger partial charge in [0, 0.05) is 24.0 Å². The number of pyridine rings is 1. The molecule has 3 heterocycles. The minimum Gasteiger partial charge on any atom is -0.494 e. The number of carbonyl (C=O) groups excluding carboxylic acids is 1. The van der Waals surface area contributed by atoms with Gasteiger partial charge in [-0.1, -0.05) is 23.8 Å². The lowest BCUT2D eigenvalue weighted by Gasteiger charge is -2.14. The normalized spacial score (nSPS) is 14.2. The topological polar surface area (TPSA) is 94.5 Å². The first kappa shape index (κ1) is 23.8. The second-order valence-electron chi connectivity index (χ2n) is 8.86. The van der Waals surface area contributed by atoms with Crippen molar-refractivity contribution in [2.45, 2.75) is 39.2 Å². The Balaban J connectivity index is 1.58. The number of benzene rings is 2. The molecule has 0 saturated heterocycles. The number of amides is 1.